The summed E-state index contributed by atoms with van der Waals surface area (Å²) in [5.41, 5.74) is 1.89. The number of halogens is 1. The molecule has 4 nitrogen and oxygen atoms in total. The van der Waals surface area contributed by atoms with Gasteiger partial charge < -0.3 is 5.32 Å². The third kappa shape index (κ3) is 2.13. The van der Waals surface area contributed by atoms with E-state index in [0.717, 1.165) is 26.0 Å². The number of rotatable bonds is 2. The Balaban J connectivity index is 2.08. The molecule has 2 heterocycles. The third-order valence-electron chi connectivity index (χ3n) is 2.55. The fraction of sp³-hybridized carbons (Fsp3) is 0. The highest BCUT2D eigenvalue weighted by atomic mass is 127. The van der Waals surface area contributed by atoms with Crippen molar-refractivity contribution in [3.05, 3.63) is 52.6 Å². The van der Waals surface area contributed by atoms with E-state index < -0.39 is 0 Å². The fourth-order valence-electron chi connectivity index (χ4n) is 1.74. The Morgan fingerprint density at radius 2 is 1.94 bits per heavy atom. The van der Waals surface area contributed by atoms with Crippen molar-refractivity contribution in [1.29, 1.82) is 0 Å². The number of nitrogens with zero attached hydrogens (tertiary/aromatic N) is 3. The van der Waals surface area contributed by atoms with E-state index in [9.17, 15) is 0 Å². The molecule has 0 saturated carbocycles. The topological polar surface area (TPSA) is 50.7 Å². The van der Waals surface area contributed by atoms with E-state index in [1.54, 1.807) is 12.4 Å². The van der Waals surface area contributed by atoms with Crippen LogP contribution in [0.15, 0.2) is 49.1 Å². The first-order valence-electron chi connectivity index (χ1n) is 5.41. The van der Waals surface area contributed by atoms with Crippen LogP contribution in [0, 0.1) is 3.57 Å². The summed E-state index contributed by atoms with van der Waals surface area (Å²) < 4.78 is 0.975. The minimum atomic E-state index is 0.795. The van der Waals surface area contributed by atoms with Crippen molar-refractivity contribution in [2.45, 2.75) is 0 Å². The molecule has 0 fully saturated rings. The quantitative estimate of drug-likeness (QED) is 0.722. The van der Waals surface area contributed by atoms with Gasteiger partial charge in [0.2, 0.25) is 0 Å². The molecule has 0 spiro atoms. The van der Waals surface area contributed by atoms with Gasteiger partial charge >= 0.3 is 0 Å². The Morgan fingerprint density at radius 3 is 2.83 bits per heavy atom. The molecule has 0 saturated heterocycles. The Hall–Kier alpha value is -1.76. The van der Waals surface area contributed by atoms with Gasteiger partial charge in [-0.25, -0.2) is 9.97 Å². The molecule has 3 rings (SSSR count). The van der Waals surface area contributed by atoms with Crippen molar-refractivity contribution in [2.24, 2.45) is 0 Å². The molecule has 18 heavy (non-hydrogen) atoms. The van der Waals surface area contributed by atoms with Gasteiger partial charge in [0.15, 0.2) is 0 Å². The van der Waals surface area contributed by atoms with E-state index in [4.69, 9.17) is 0 Å². The van der Waals surface area contributed by atoms with E-state index in [1.165, 1.54) is 6.33 Å². The largest absolute Gasteiger partial charge is 0.337 e. The standard InChI is InChI=1S/C13H9IN4/c14-10-7-15-8-17-13(10)18-11-5-1-3-9-4-2-6-16-12(9)11/h1-8H,(H,15,17,18). The summed E-state index contributed by atoms with van der Waals surface area (Å²) in [5.74, 6) is 0.795. The summed E-state index contributed by atoms with van der Waals surface area (Å²) in [6.07, 6.45) is 5.09. The maximum Gasteiger partial charge on any atom is 0.147 e. The van der Waals surface area contributed by atoms with E-state index >= 15 is 0 Å². The summed E-state index contributed by atoms with van der Waals surface area (Å²) in [4.78, 5) is 12.6. The van der Waals surface area contributed by atoms with Crippen LogP contribution in [0.3, 0.4) is 0 Å². The molecular formula is C13H9IN4. The van der Waals surface area contributed by atoms with Crippen molar-refractivity contribution in [3.63, 3.8) is 0 Å². The van der Waals surface area contributed by atoms with Crippen molar-refractivity contribution in [1.82, 2.24) is 15.0 Å². The van der Waals surface area contributed by atoms with Gasteiger partial charge in [0.25, 0.3) is 0 Å². The van der Waals surface area contributed by atoms with Crippen LogP contribution < -0.4 is 5.32 Å². The van der Waals surface area contributed by atoms with Crippen LogP contribution in [0.4, 0.5) is 11.5 Å². The van der Waals surface area contributed by atoms with Gasteiger partial charge in [0, 0.05) is 17.8 Å². The predicted molar refractivity (Wildman–Crippen MR) is 79.8 cm³/mol. The Kier molecular flexibility index (Phi) is 3.06. The Bertz CT molecular complexity index is 694. The van der Waals surface area contributed by atoms with Crippen molar-refractivity contribution < 1.29 is 0 Å². The van der Waals surface area contributed by atoms with Crippen LogP contribution in [0.1, 0.15) is 0 Å². The Morgan fingerprint density at radius 1 is 1.06 bits per heavy atom. The molecule has 0 aliphatic carbocycles. The minimum Gasteiger partial charge on any atom is -0.337 e. The summed E-state index contributed by atoms with van der Waals surface area (Å²) >= 11 is 2.20. The maximum absolute atomic E-state index is 4.40. The number of fused-ring (bicyclic) bond motifs is 1. The monoisotopic (exact) mass is 348 g/mol. The first-order valence-corrected chi connectivity index (χ1v) is 6.49. The molecule has 0 amide bonds. The maximum atomic E-state index is 4.40. The number of aromatic nitrogens is 3. The molecule has 0 aliphatic heterocycles. The SMILES string of the molecule is Ic1cncnc1Nc1cccc2cccnc12. The third-order valence-corrected chi connectivity index (χ3v) is 3.34. The summed E-state index contributed by atoms with van der Waals surface area (Å²) in [7, 11) is 0. The Labute approximate surface area is 118 Å². The highest BCUT2D eigenvalue weighted by molar-refractivity contribution is 14.1. The fourth-order valence-corrected chi connectivity index (χ4v) is 2.17. The zero-order valence-corrected chi connectivity index (χ0v) is 11.5. The second-order valence-electron chi connectivity index (χ2n) is 3.72. The molecule has 3 aromatic rings. The normalized spacial score (nSPS) is 10.5. The van der Waals surface area contributed by atoms with Crippen LogP contribution in [-0.4, -0.2) is 15.0 Å². The first-order chi connectivity index (χ1) is 8.84. The molecule has 0 unspecified atom stereocenters. The van der Waals surface area contributed by atoms with Crippen LogP contribution >= 0.6 is 22.6 Å². The zero-order valence-electron chi connectivity index (χ0n) is 9.34. The van der Waals surface area contributed by atoms with E-state index in [-0.39, 0.29) is 0 Å². The van der Waals surface area contributed by atoms with Gasteiger partial charge in [0.1, 0.15) is 12.1 Å². The van der Waals surface area contributed by atoms with Crippen molar-refractivity contribution in [2.75, 3.05) is 5.32 Å². The van der Waals surface area contributed by atoms with Crippen LogP contribution in [0.25, 0.3) is 10.9 Å². The van der Waals surface area contributed by atoms with Crippen LogP contribution in [-0.2, 0) is 0 Å². The lowest BCUT2D eigenvalue weighted by atomic mass is 10.2. The molecule has 1 aromatic carbocycles. The number of hydrogen-bond donors (Lipinski definition) is 1. The lowest BCUT2D eigenvalue weighted by Crippen LogP contribution is -1.98. The first kappa shape index (κ1) is 11.3. The van der Waals surface area contributed by atoms with E-state index in [2.05, 4.69) is 42.9 Å². The summed E-state index contributed by atoms with van der Waals surface area (Å²) in [6, 6.07) is 10.0. The van der Waals surface area contributed by atoms with Gasteiger partial charge in [-0.1, -0.05) is 18.2 Å². The molecule has 2 aromatic heterocycles. The second-order valence-corrected chi connectivity index (χ2v) is 4.89. The summed E-state index contributed by atoms with van der Waals surface area (Å²) in [6.45, 7) is 0. The molecule has 0 atom stereocenters. The predicted octanol–water partition coefficient (Wildman–Crippen LogP) is 3.37. The van der Waals surface area contributed by atoms with E-state index in [1.807, 2.05) is 30.3 Å². The molecule has 88 valence electrons. The smallest absolute Gasteiger partial charge is 0.147 e. The lowest BCUT2D eigenvalue weighted by Gasteiger charge is -2.09. The highest BCUT2D eigenvalue weighted by Crippen LogP contribution is 2.25. The molecule has 5 heteroatoms. The lowest BCUT2D eigenvalue weighted by molar-refractivity contribution is 1.15. The molecule has 0 bridgehead atoms. The van der Waals surface area contributed by atoms with Gasteiger partial charge in [-0.15, -0.1) is 0 Å². The van der Waals surface area contributed by atoms with Gasteiger partial charge in [0.05, 0.1) is 14.8 Å². The minimum absolute atomic E-state index is 0.795. The molecule has 0 radical (unpaired) electrons. The van der Waals surface area contributed by atoms with Gasteiger partial charge in [-0.3, -0.25) is 4.98 Å². The van der Waals surface area contributed by atoms with Crippen LogP contribution in [0.2, 0.25) is 0 Å². The molecular weight excluding hydrogens is 339 g/mol. The number of nitrogens with one attached hydrogen (secondary N) is 1. The molecule has 1 N–H and O–H groups in total. The van der Waals surface area contributed by atoms with E-state index in [0.29, 0.717) is 0 Å². The highest BCUT2D eigenvalue weighted by Gasteiger charge is 2.05. The average Bonchev–Trinajstić information content (AvgIpc) is 2.42. The van der Waals surface area contributed by atoms with Gasteiger partial charge in [-0.2, -0.15) is 0 Å². The molecule has 0 aliphatic rings. The number of para-hydroxylation sites is 1. The number of benzene rings is 1. The number of anilines is 2. The van der Waals surface area contributed by atoms with Gasteiger partial charge in [-0.05, 0) is 34.7 Å². The second kappa shape index (κ2) is 4.85. The van der Waals surface area contributed by atoms with Crippen molar-refractivity contribution in [3.8, 4) is 0 Å². The summed E-state index contributed by atoms with van der Waals surface area (Å²) in [5, 5.41) is 4.40. The number of hydrogen-bond acceptors (Lipinski definition) is 4. The number of pyridine rings is 1. The van der Waals surface area contributed by atoms with Crippen LogP contribution in [0.5, 0.6) is 0 Å². The zero-order chi connectivity index (χ0) is 12.4. The average molecular weight is 348 g/mol. The van der Waals surface area contributed by atoms with Crippen molar-refractivity contribution >= 4 is 45.0 Å².